The second-order valence-corrected chi connectivity index (χ2v) is 7.14. The Kier molecular flexibility index (Phi) is 7.38. The maximum absolute atomic E-state index is 13.3. The predicted octanol–water partition coefficient (Wildman–Crippen LogP) is 3.81. The fourth-order valence-electron chi connectivity index (χ4n) is 3.18. The first kappa shape index (κ1) is 22.7. The highest BCUT2D eigenvalue weighted by Crippen LogP contribution is 2.19. The van der Waals surface area contributed by atoms with Crippen LogP contribution in [0, 0.1) is 12.7 Å². The van der Waals surface area contributed by atoms with Crippen LogP contribution in [0.3, 0.4) is 0 Å². The van der Waals surface area contributed by atoms with Gasteiger partial charge < -0.3 is 9.47 Å². The zero-order chi connectivity index (χ0) is 23.1. The van der Waals surface area contributed by atoms with Gasteiger partial charge in [0.05, 0.1) is 7.11 Å². The van der Waals surface area contributed by atoms with E-state index < -0.39 is 17.6 Å². The molecule has 8 heteroatoms. The van der Waals surface area contributed by atoms with Crippen LogP contribution in [0.15, 0.2) is 65.5 Å². The third-order valence-electron chi connectivity index (χ3n) is 4.85. The molecule has 3 aromatic rings. The lowest BCUT2D eigenvalue weighted by Gasteiger charge is -2.16. The van der Waals surface area contributed by atoms with Crippen LogP contribution in [-0.4, -0.2) is 23.7 Å². The van der Waals surface area contributed by atoms with Crippen molar-refractivity contribution in [3.8, 4) is 0 Å². The number of carbonyl (C=O) groups excluding carboxylic acids is 2. The lowest BCUT2D eigenvalue weighted by Crippen LogP contribution is -2.31. The number of ether oxygens (including phenoxy) is 2. The SMILES string of the molecule is COC(=O)Cn1c(C)cc(Cc2ccc(F)cc2)c(NC(=O)OCc2ccccc2)c1=O. The summed E-state index contributed by atoms with van der Waals surface area (Å²) >= 11 is 0. The summed E-state index contributed by atoms with van der Waals surface area (Å²) in [6.45, 7) is 1.41. The molecular weight excluding hydrogens is 415 g/mol. The van der Waals surface area contributed by atoms with Gasteiger partial charge in [0.15, 0.2) is 0 Å². The number of anilines is 1. The summed E-state index contributed by atoms with van der Waals surface area (Å²) in [5.41, 5.74) is 1.99. The molecular formula is C24H23FN2O5. The first-order valence-electron chi connectivity index (χ1n) is 9.89. The van der Waals surface area contributed by atoms with Crippen molar-refractivity contribution in [3.63, 3.8) is 0 Å². The molecule has 0 spiro atoms. The van der Waals surface area contributed by atoms with Gasteiger partial charge in [-0.25, -0.2) is 9.18 Å². The Morgan fingerprint density at radius 3 is 2.38 bits per heavy atom. The standard InChI is InChI=1S/C24H23FN2O5/c1-16-12-19(13-17-8-10-20(25)11-9-17)22(23(29)27(16)14-21(28)31-2)26-24(30)32-15-18-6-4-3-5-7-18/h3-12H,13-15H2,1-2H3,(H,26,30). The summed E-state index contributed by atoms with van der Waals surface area (Å²) in [5, 5.41) is 2.52. The Morgan fingerprint density at radius 2 is 1.72 bits per heavy atom. The van der Waals surface area contributed by atoms with Crippen LogP contribution in [0.5, 0.6) is 0 Å². The summed E-state index contributed by atoms with van der Waals surface area (Å²) in [7, 11) is 1.23. The van der Waals surface area contributed by atoms with E-state index in [-0.39, 0.29) is 31.1 Å². The van der Waals surface area contributed by atoms with Gasteiger partial charge >= 0.3 is 12.1 Å². The van der Waals surface area contributed by atoms with E-state index in [2.05, 4.69) is 10.1 Å². The second-order valence-electron chi connectivity index (χ2n) is 7.14. The van der Waals surface area contributed by atoms with Gasteiger partial charge in [-0.3, -0.25) is 19.5 Å². The van der Waals surface area contributed by atoms with Crippen molar-refractivity contribution in [1.29, 1.82) is 0 Å². The molecule has 0 fully saturated rings. The number of nitrogens with one attached hydrogen (secondary N) is 1. The van der Waals surface area contributed by atoms with E-state index in [1.807, 2.05) is 30.3 Å². The number of aryl methyl sites for hydroxylation is 1. The molecule has 0 unspecified atom stereocenters. The molecule has 0 saturated carbocycles. The third kappa shape index (κ3) is 5.81. The molecule has 7 nitrogen and oxygen atoms in total. The van der Waals surface area contributed by atoms with Crippen LogP contribution in [0.2, 0.25) is 0 Å². The number of benzene rings is 2. The van der Waals surface area contributed by atoms with Crippen LogP contribution >= 0.6 is 0 Å². The molecule has 0 aliphatic carbocycles. The minimum absolute atomic E-state index is 0.0121. The molecule has 1 aromatic heterocycles. The van der Waals surface area contributed by atoms with E-state index in [4.69, 9.17) is 4.74 Å². The lowest BCUT2D eigenvalue weighted by molar-refractivity contribution is -0.141. The molecule has 166 valence electrons. The van der Waals surface area contributed by atoms with E-state index in [0.29, 0.717) is 11.3 Å². The first-order chi connectivity index (χ1) is 15.4. The number of pyridine rings is 1. The van der Waals surface area contributed by atoms with Gasteiger partial charge in [0.2, 0.25) is 0 Å². The molecule has 1 amide bonds. The van der Waals surface area contributed by atoms with Crippen molar-refractivity contribution in [2.45, 2.75) is 26.5 Å². The molecule has 0 atom stereocenters. The zero-order valence-corrected chi connectivity index (χ0v) is 17.8. The Balaban J connectivity index is 1.90. The monoisotopic (exact) mass is 438 g/mol. The summed E-state index contributed by atoms with van der Waals surface area (Å²) in [6, 6.07) is 16.6. The molecule has 1 heterocycles. The van der Waals surface area contributed by atoms with E-state index in [9.17, 15) is 18.8 Å². The van der Waals surface area contributed by atoms with Crippen LogP contribution in [-0.2, 0) is 33.8 Å². The molecule has 32 heavy (non-hydrogen) atoms. The predicted molar refractivity (Wildman–Crippen MR) is 117 cm³/mol. The number of aromatic nitrogens is 1. The van der Waals surface area contributed by atoms with E-state index in [0.717, 1.165) is 11.1 Å². The van der Waals surface area contributed by atoms with Gasteiger partial charge in [0.1, 0.15) is 24.7 Å². The normalized spacial score (nSPS) is 10.5. The van der Waals surface area contributed by atoms with Crippen LogP contribution in [0.25, 0.3) is 0 Å². The van der Waals surface area contributed by atoms with Gasteiger partial charge in [-0.1, -0.05) is 42.5 Å². The summed E-state index contributed by atoms with van der Waals surface area (Å²) in [4.78, 5) is 37.3. The number of carbonyl (C=O) groups is 2. The minimum atomic E-state index is -0.806. The number of hydrogen-bond acceptors (Lipinski definition) is 5. The topological polar surface area (TPSA) is 86.6 Å². The molecule has 2 aromatic carbocycles. The Morgan fingerprint density at radius 1 is 1.03 bits per heavy atom. The largest absolute Gasteiger partial charge is 0.468 e. The summed E-state index contributed by atoms with van der Waals surface area (Å²) < 4.78 is 24.4. The van der Waals surface area contributed by atoms with Crippen LogP contribution < -0.4 is 10.9 Å². The zero-order valence-electron chi connectivity index (χ0n) is 17.8. The maximum Gasteiger partial charge on any atom is 0.412 e. The average Bonchev–Trinajstić information content (AvgIpc) is 2.79. The van der Waals surface area contributed by atoms with E-state index in [1.165, 1.54) is 23.8 Å². The lowest BCUT2D eigenvalue weighted by atomic mass is 10.0. The third-order valence-corrected chi connectivity index (χ3v) is 4.85. The van der Waals surface area contributed by atoms with Crippen molar-refractivity contribution >= 4 is 17.7 Å². The van der Waals surface area contributed by atoms with Crippen molar-refractivity contribution in [2.24, 2.45) is 0 Å². The fraction of sp³-hybridized carbons (Fsp3) is 0.208. The quantitative estimate of drug-likeness (QED) is 0.567. The minimum Gasteiger partial charge on any atom is -0.468 e. The fourth-order valence-corrected chi connectivity index (χ4v) is 3.18. The number of rotatable bonds is 7. The summed E-state index contributed by atoms with van der Waals surface area (Å²) in [6.07, 6.45) is -0.538. The highest BCUT2D eigenvalue weighted by Gasteiger charge is 2.18. The molecule has 3 rings (SSSR count). The molecule has 0 saturated heterocycles. The van der Waals surface area contributed by atoms with E-state index >= 15 is 0 Å². The van der Waals surface area contributed by atoms with Crippen molar-refractivity contribution < 1.29 is 23.5 Å². The number of amides is 1. The second kappa shape index (κ2) is 10.4. The van der Waals surface area contributed by atoms with Gasteiger partial charge in [-0.15, -0.1) is 0 Å². The number of halogens is 1. The Labute approximate surface area is 184 Å². The van der Waals surface area contributed by atoms with Crippen molar-refractivity contribution in [1.82, 2.24) is 4.57 Å². The average molecular weight is 438 g/mol. The van der Waals surface area contributed by atoms with Crippen LogP contribution in [0.4, 0.5) is 14.9 Å². The number of methoxy groups -OCH3 is 1. The van der Waals surface area contributed by atoms with Crippen molar-refractivity contribution in [2.75, 3.05) is 12.4 Å². The van der Waals surface area contributed by atoms with Gasteiger partial charge in [-0.05, 0) is 48.2 Å². The number of hydrogen-bond donors (Lipinski definition) is 1. The number of esters is 1. The van der Waals surface area contributed by atoms with Gasteiger partial charge in [0, 0.05) is 5.69 Å². The van der Waals surface area contributed by atoms with Gasteiger partial charge in [-0.2, -0.15) is 0 Å². The molecule has 0 radical (unpaired) electrons. The maximum atomic E-state index is 13.3. The highest BCUT2D eigenvalue weighted by atomic mass is 19.1. The van der Waals surface area contributed by atoms with Crippen LogP contribution in [0.1, 0.15) is 22.4 Å². The van der Waals surface area contributed by atoms with Gasteiger partial charge in [0.25, 0.3) is 5.56 Å². The number of nitrogens with zero attached hydrogens (tertiary/aromatic N) is 1. The molecule has 0 bridgehead atoms. The molecule has 1 N–H and O–H groups in total. The highest BCUT2D eigenvalue weighted by molar-refractivity contribution is 5.85. The van der Waals surface area contributed by atoms with E-state index in [1.54, 1.807) is 25.1 Å². The molecule has 0 aliphatic heterocycles. The Hall–Kier alpha value is -3.94. The first-order valence-corrected chi connectivity index (χ1v) is 9.89. The summed E-state index contributed by atoms with van der Waals surface area (Å²) in [5.74, 6) is -0.972. The smallest absolute Gasteiger partial charge is 0.412 e. The van der Waals surface area contributed by atoms with Crippen molar-refractivity contribution in [3.05, 3.63) is 99.2 Å². The Bertz CT molecular complexity index is 1160. The molecule has 0 aliphatic rings.